The summed E-state index contributed by atoms with van der Waals surface area (Å²) in [5.74, 6) is -0.214. The number of amides is 2. The molecule has 6 nitrogen and oxygen atoms in total. The maximum Gasteiger partial charge on any atom is 0.246 e. The van der Waals surface area contributed by atoms with Crippen LogP contribution in [-0.4, -0.2) is 45.6 Å². The molecule has 1 atom stereocenters. The molecule has 0 saturated carbocycles. The Morgan fingerprint density at radius 1 is 1.38 bits per heavy atom. The third kappa shape index (κ3) is 3.28. The predicted molar refractivity (Wildman–Crippen MR) is 91.9 cm³/mol. The van der Waals surface area contributed by atoms with Crippen molar-refractivity contribution < 1.29 is 9.59 Å². The van der Waals surface area contributed by atoms with Crippen molar-refractivity contribution in [3.63, 3.8) is 0 Å². The Labute approximate surface area is 145 Å². The molecule has 24 heavy (non-hydrogen) atoms. The second kappa shape index (κ2) is 6.65. The van der Waals surface area contributed by atoms with E-state index in [1.54, 1.807) is 32.8 Å². The minimum absolute atomic E-state index is 0.0623. The molecular weight excluding hydrogens is 328 g/mol. The molecule has 126 valence electrons. The molecule has 0 spiro atoms. The van der Waals surface area contributed by atoms with Gasteiger partial charge in [-0.3, -0.25) is 14.3 Å². The molecule has 2 aromatic rings. The maximum absolute atomic E-state index is 12.5. The molecule has 1 aliphatic heterocycles. The first kappa shape index (κ1) is 16.5. The number of aryl methyl sites for hydroxylation is 1. The fraction of sp³-hybridized carbons (Fsp3) is 0.353. The molecule has 2 amide bonds. The highest BCUT2D eigenvalue weighted by Gasteiger charge is 2.33. The highest BCUT2D eigenvalue weighted by molar-refractivity contribution is 6.30. The Balaban J connectivity index is 1.72. The number of anilines is 1. The van der Waals surface area contributed by atoms with Gasteiger partial charge in [0.05, 0.1) is 0 Å². The van der Waals surface area contributed by atoms with Crippen molar-refractivity contribution in [2.24, 2.45) is 0 Å². The van der Waals surface area contributed by atoms with Gasteiger partial charge in [-0.15, -0.1) is 0 Å². The Kier molecular flexibility index (Phi) is 4.57. The van der Waals surface area contributed by atoms with Crippen LogP contribution in [0.25, 0.3) is 0 Å². The lowest BCUT2D eigenvalue weighted by Crippen LogP contribution is -2.57. The Morgan fingerprint density at radius 2 is 2.17 bits per heavy atom. The molecule has 0 N–H and O–H groups in total. The molecule has 1 unspecified atom stereocenters. The standard InChI is InChI=1S/C17H19ClN4O2/c1-12-6-7-19-22(12)11-17(24)20-10-16(23)21(9-13(20)2)15-5-3-4-14(18)8-15/h3-8,13H,9-11H2,1-2H3. The lowest BCUT2D eigenvalue weighted by atomic mass is 10.1. The fourth-order valence-electron chi connectivity index (χ4n) is 2.86. The summed E-state index contributed by atoms with van der Waals surface area (Å²) in [4.78, 5) is 28.3. The number of rotatable bonds is 3. The van der Waals surface area contributed by atoms with Gasteiger partial charge in [0.25, 0.3) is 0 Å². The number of halogens is 1. The predicted octanol–water partition coefficient (Wildman–Crippen LogP) is 2.11. The Morgan fingerprint density at radius 3 is 2.83 bits per heavy atom. The van der Waals surface area contributed by atoms with E-state index < -0.39 is 0 Å². The van der Waals surface area contributed by atoms with E-state index in [9.17, 15) is 9.59 Å². The Bertz CT molecular complexity index is 773. The number of nitrogens with zero attached hydrogens (tertiary/aromatic N) is 4. The van der Waals surface area contributed by atoms with Crippen molar-refractivity contribution in [1.29, 1.82) is 0 Å². The van der Waals surface area contributed by atoms with Crippen LogP contribution in [0.5, 0.6) is 0 Å². The molecule has 7 heteroatoms. The van der Waals surface area contributed by atoms with Crippen LogP contribution in [0.4, 0.5) is 5.69 Å². The van der Waals surface area contributed by atoms with Gasteiger partial charge in [0.2, 0.25) is 11.8 Å². The van der Waals surface area contributed by atoms with Crippen molar-refractivity contribution in [3.8, 4) is 0 Å². The average molecular weight is 347 g/mol. The van der Waals surface area contributed by atoms with Crippen molar-refractivity contribution in [1.82, 2.24) is 14.7 Å². The molecule has 3 rings (SSSR count). The van der Waals surface area contributed by atoms with E-state index in [4.69, 9.17) is 11.6 Å². The molecule has 1 aliphatic rings. The molecular formula is C17H19ClN4O2. The smallest absolute Gasteiger partial charge is 0.246 e. The molecule has 0 bridgehead atoms. The van der Waals surface area contributed by atoms with Gasteiger partial charge in [-0.1, -0.05) is 17.7 Å². The van der Waals surface area contributed by atoms with Crippen molar-refractivity contribution in [2.75, 3.05) is 18.0 Å². The van der Waals surface area contributed by atoms with Gasteiger partial charge in [0.15, 0.2) is 0 Å². The highest BCUT2D eigenvalue weighted by Crippen LogP contribution is 2.23. The zero-order chi connectivity index (χ0) is 17.3. The van der Waals surface area contributed by atoms with Crippen molar-refractivity contribution in [2.45, 2.75) is 26.4 Å². The van der Waals surface area contributed by atoms with Crippen LogP contribution in [0.2, 0.25) is 5.02 Å². The molecule has 1 saturated heterocycles. The monoisotopic (exact) mass is 346 g/mol. The second-order valence-corrected chi connectivity index (χ2v) is 6.42. The number of carbonyl (C=O) groups is 2. The van der Waals surface area contributed by atoms with E-state index in [1.165, 1.54) is 0 Å². The lowest BCUT2D eigenvalue weighted by molar-refractivity contribution is -0.140. The quantitative estimate of drug-likeness (QED) is 0.855. The van der Waals surface area contributed by atoms with Crippen LogP contribution in [0.3, 0.4) is 0 Å². The van der Waals surface area contributed by atoms with E-state index in [1.807, 2.05) is 32.0 Å². The van der Waals surface area contributed by atoms with Gasteiger partial charge >= 0.3 is 0 Å². The van der Waals surface area contributed by atoms with Gasteiger partial charge in [0, 0.05) is 35.2 Å². The number of piperazine rings is 1. The summed E-state index contributed by atoms with van der Waals surface area (Å²) in [7, 11) is 0. The van der Waals surface area contributed by atoms with Gasteiger partial charge < -0.3 is 9.80 Å². The average Bonchev–Trinajstić information content (AvgIpc) is 2.94. The molecule has 1 fully saturated rings. The summed E-state index contributed by atoms with van der Waals surface area (Å²) in [5.41, 5.74) is 1.68. The minimum atomic E-state index is -0.110. The van der Waals surface area contributed by atoms with E-state index in [-0.39, 0.29) is 30.9 Å². The summed E-state index contributed by atoms with van der Waals surface area (Å²) >= 11 is 6.01. The van der Waals surface area contributed by atoms with E-state index in [0.717, 1.165) is 11.4 Å². The molecule has 1 aromatic carbocycles. The third-order valence-electron chi connectivity index (χ3n) is 4.24. The van der Waals surface area contributed by atoms with Crippen LogP contribution in [-0.2, 0) is 16.1 Å². The zero-order valence-corrected chi connectivity index (χ0v) is 14.4. The largest absolute Gasteiger partial charge is 0.327 e. The van der Waals surface area contributed by atoms with Gasteiger partial charge in [-0.05, 0) is 38.1 Å². The summed E-state index contributed by atoms with van der Waals surface area (Å²) < 4.78 is 1.64. The van der Waals surface area contributed by atoms with E-state index >= 15 is 0 Å². The number of hydrogen-bond donors (Lipinski definition) is 0. The SMILES string of the molecule is Cc1ccnn1CC(=O)N1CC(=O)N(c2cccc(Cl)c2)CC1C. The fourth-order valence-corrected chi connectivity index (χ4v) is 3.05. The van der Waals surface area contributed by atoms with Gasteiger partial charge in [-0.2, -0.15) is 5.10 Å². The first-order valence-electron chi connectivity index (χ1n) is 7.79. The van der Waals surface area contributed by atoms with Gasteiger partial charge in [-0.25, -0.2) is 0 Å². The summed E-state index contributed by atoms with van der Waals surface area (Å²) in [6.07, 6.45) is 1.66. The second-order valence-electron chi connectivity index (χ2n) is 5.99. The first-order valence-corrected chi connectivity index (χ1v) is 8.17. The van der Waals surface area contributed by atoms with Gasteiger partial charge in [0.1, 0.15) is 13.1 Å². The third-order valence-corrected chi connectivity index (χ3v) is 4.47. The summed E-state index contributed by atoms with van der Waals surface area (Å²) in [6.45, 7) is 4.49. The summed E-state index contributed by atoms with van der Waals surface area (Å²) in [5, 5.41) is 4.71. The molecule has 2 heterocycles. The number of benzene rings is 1. The van der Waals surface area contributed by atoms with Crippen LogP contribution in [0, 0.1) is 6.92 Å². The number of carbonyl (C=O) groups excluding carboxylic acids is 2. The zero-order valence-electron chi connectivity index (χ0n) is 13.6. The maximum atomic E-state index is 12.5. The molecule has 0 aliphatic carbocycles. The van der Waals surface area contributed by atoms with E-state index in [2.05, 4.69) is 5.10 Å². The number of aromatic nitrogens is 2. The topological polar surface area (TPSA) is 58.4 Å². The van der Waals surface area contributed by atoms with Crippen LogP contribution in [0.1, 0.15) is 12.6 Å². The Hall–Kier alpha value is -2.34. The van der Waals surface area contributed by atoms with Crippen LogP contribution in [0.15, 0.2) is 36.5 Å². The van der Waals surface area contributed by atoms with Crippen molar-refractivity contribution in [3.05, 3.63) is 47.2 Å². The minimum Gasteiger partial charge on any atom is -0.327 e. The van der Waals surface area contributed by atoms with E-state index in [0.29, 0.717) is 11.6 Å². The summed E-state index contributed by atoms with van der Waals surface area (Å²) in [6, 6.07) is 8.96. The first-order chi connectivity index (χ1) is 11.5. The highest BCUT2D eigenvalue weighted by atomic mass is 35.5. The lowest BCUT2D eigenvalue weighted by Gasteiger charge is -2.39. The van der Waals surface area contributed by atoms with Crippen LogP contribution >= 0.6 is 11.6 Å². The number of hydrogen-bond acceptors (Lipinski definition) is 3. The molecule has 0 radical (unpaired) electrons. The van der Waals surface area contributed by atoms with Crippen LogP contribution < -0.4 is 4.90 Å². The molecule has 1 aromatic heterocycles. The van der Waals surface area contributed by atoms with Crippen molar-refractivity contribution >= 4 is 29.1 Å². The normalized spacial score (nSPS) is 18.1.